The van der Waals surface area contributed by atoms with E-state index < -0.39 is 0 Å². The van der Waals surface area contributed by atoms with Crippen molar-refractivity contribution in [3.63, 3.8) is 0 Å². The summed E-state index contributed by atoms with van der Waals surface area (Å²) in [5.74, 6) is 1.83. The molecule has 1 saturated heterocycles. The van der Waals surface area contributed by atoms with Gasteiger partial charge in [0.2, 0.25) is 0 Å². The van der Waals surface area contributed by atoms with Gasteiger partial charge in [-0.3, -0.25) is 4.90 Å². The summed E-state index contributed by atoms with van der Waals surface area (Å²) in [5, 5.41) is 12.2. The molecule has 0 spiro atoms. The van der Waals surface area contributed by atoms with Crippen molar-refractivity contribution in [3.8, 4) is 6.07 Å². The third kappa shape index (κ3) is 4.18. The average molecular weight is 292 g/mol. The van der Waals surface area contributed by atoms with Gasteiger partial charge in [-0.15, -0.1) is 24.8 Å². The molecule has 1 N–H and O–H groups in total. The van der Waals surface area contributed by atoms with Crippen LogP contribution in [-0.2, 0) is 0 Å². The Morgan fingerprint density at radius 3 is 2.56 bits per heavy atom. The number of piperazine rings is 1. The second-order valence-corrected chi connectivity index (χ2v) is 4.11. The van der Waals surface area contributed by atoms with Crippen LogP contribution in [-0.4, -0.2) is 31.1 Å². The molecule has 102 valence electrons. The fourth-order valence-corrected chi connectivity index (χ4v) is 2.12. The Hall–Kier alpha value is -0.730. The van der Waals surface area contributed by atoms with Crippen LogP contribution in [0.2, 0.25) is 0 Å². The van der Waals surface area contributed by atoms with E-state index in [0.717, 1.165) is 37.7 Å². The zero-order valence-electron chi connectivity index (χ0n) is 10.4. The first-order valence-electron chi connectivity index (χ1n) is 5.69. The Morgan fingerprint density at radius 2 is 2.06 bits per heavy atom. The number of rotatable bonds is 3. The van der Waals surface area contributed by atoms with Gasteiger partial charge >= 0.3 is 0 Å². The van der Waals surface area contributed by atoms with Gasteiger partial charge in [-0.2, -0.15) is 5.26 Å². The number of furan rings is 1. The van der Waals surface area contributed by atoms with Crippen molar-refractivity contribution in [2.75, 3.05) is 26.2 Å². The standard InChI is InChI=1S/C12H17N3O.2ClH/c1-10-2-3-12(16-10)11(4-5-13)15-8-6-14-7-9-15;;/h2-3,11,14H,4,6-9H2,1H3;2*1H/t11-;;/m1../s1. The molecule has 1 aromatic rings. The summed E-state index contributed by atoms with van der Waals surface area (Å²) in [6.07, 6.45) is 0.493. The molecule has 18 heavy (non-hydrogen) atoms. The van der Waals surface area contributed by atoms with E-state index in [4.69, 9.17) is 9.68 Å². The van der Waals surface area contributed by atoms with Crippen LogP contribution in [0.15, 0.2) is 16.5 Å². The van der Waals surface area contributed by atoms with Crippen molar-refractivity contribution < 1.29 is 4.42 Å². The summed E-state index contributed by atoms with van der Waals surface area (Å²) < 4.78 is 5.64. The largest absolute Gasteiger partial charge is 0.465 e. The van der Waals surface area contributed by atoms with Gasteiger partial charge in [0.05, 0.1) is 18.5 Å². The smallest absolute Gasteiger partial charge is 0.122 e. The number of nitrogens with zero attached hydrogens (tertiary/aromatic N) is 2. The van der Waals surface area contributed by atoms with E-state index in [0.29, 0.717) is 6.42 Å². The maximum atomic E-state index is 8.90. The zero-order chi connectivity index (χ0) is 11.4. The number of nitriles is 1. The lowest BCUT2D eigenvalue weighted by Crippen LogP contribution is -2.45. The maximum absolute atomic E-state index is 8.90. The van der Waals surface area contributed by atoms with Crippen molar-refractivity contribution in [2.24, 2.45) is 0 Å². The van der Waals surface area contributed by atoms with Gasteiger partial charge in [0.25, 0.3) is 0 Å². The van der Waals surface area contributed by atoms with Gasteiger partial charge in [0, 0.05) is 26.2 Å². The zero-order valence-corrected chi connectivity index (χ0v) is 12.0. The summed E-state index contributed by atoms with van der Waals surface area (Å²) in [4.78, 5) is 2.32. The number of halogens is 2. The molecule has 6 heteroatoms. The molecule has 0 radical (unpaired) electrons. The SMILES string of the molecule is Cc1ccc([C@@H](CC#N)N2CCNCC2)o1.Cl.Cl. The minimum absolute atomic E-state index is 0. The van der Waals surface area contributed by atoms with Crippen molar-refractivity contribution in [3.05, 3.63) is 23.7 Å². The summed E-state index contributed by atoms with van der Waals surface area (Å²) in [7, 11) is 0. The fraction of sp³-hybridized carbons (Fsp3) is 0.583. The predicted molar refractivity (Wildman–Crippen MR) is 75.4 cm³/mol. The van der Waals surface area contributed by atoms with Crippen LogP contribution < -0.4 is 5.32 Å². The lowest BCUT2D eigenvalue weighted by atomic mass is 10.1. The summed E-state index contributed by atoms with van der Waals surface area (Å²) in [5.41, 5.74) is 0. The Morgan fingerprint density at radius 1 is 1.39 bits per heavy atom. The van der Waals surface area contributed by atoms with Crippen molar-refractivity contribution in [2.45, 2.75) is 19.4 Å². The Labute approximate surface area is 120 Å². The highest BCUT2D eigenvalue weighted by Crippen LogP contribution is 2.25. The third-order valence-electron chi connectivity index (χ3n) is 2.97. The van der Waals surface area contributed by atoms with E-state index in [2.05, 4.69) is 16.3 Å². The molecular weight excluding hydrogens is 273 g/mol. The van der Waals surface area contributed by atoms with Crippen molar-refractivity contribution in [1.82, 2.24) is 10.2 Å². The monoisotopic (exact) mass is 291 g/mol. The van der Waals surface area contributed by atoms with E-state index in [1.807, 2.05) is 19.1 Å². The lowest BCUT2D eigenvalue weighted by molar-refractivity contribution is 0.156. The average Bonchev–Trinajstić information content (AvgIpc) is 2.74. The Balaban J connectivity index is 0.00000144. The minimum Gasteiger partial charge on any atom is -0.465 e. The molecule has 1 aromatic heterocycles. The molecule has 0 unspecified atom stereocenters. The van der Waals surface area contributed by atoms with Gasteiger partial charge in [-0.1, -0.05) is 0 Å². The molecule has 1 aliphatic rings. The molecule has 2 heterocycles. The van der Waals surface area contributed by atoms with Crippen LogP contribution in [0.3, 0.4) is 0 Å². The highest BCUT2D eigenvalue weighted by Gasteiger charge is 2.24. The Kier molecular flexibility index (Phi) is 8.05. The summed E-state index contributed by atoms with van der Waals surface area (Å²) in [6.45, 7) is 5.87. The van der Waals surface area contributed by atoms with Gasteiger partial charge < -0.3 is 9.73 Å². The molecule has 4 nitrogen and oxygen atoms in total. The fourth-order valence-electron chi connectivity index (χ4n) is 2.12. The van der Waals surface area contributed by atoms with Crippen LogP contribution >= 0.6 is 24.8 Å². The maximum Gasteiger partial charge on any atom is 0.122 e. The second kappa shape index (κ2) is 8.39. The van der Waals surface area contributed by atoms with E-state index >= 15 is 0 Å². The number of hydrogen-bond donors (Lipinski definition) is 1. The molecule has 1 atom stereocenters. The minimum atomic E-state index is 0. The van der Waals surface area contributed by atoms with Crippen LogP contribution in [0, 0.1) is 18.3 Å². The normalized spacial score (nSPS) is 17.1. The predicted octanol–water partition coefficient (Wildman–Crippen LogP) is 2.29. The van der Waals surface area contributed by atoms with Crippen LogP contribution in [0.5, 0.6) is 0 Å². The van der Waals surface area contributed by atoms with E-state index in [1.165, 1.54) is 0 Å². The molecule has 0 aliphatic carbocycles. The Bertz CT molecular complexity index is 383. The van der Waals surface area contributed by atoms with Gasteiger partial charge in [0.15, 0.2) is 0 Å². The van der Waals surface area contributed by atoms with Crippen LogP contribution in [0.25, 0.3) is 0 Å². The first-order chi connectivity index (χ1) is 7.81. The van der Waals surface area contributed by atoms with Gasteiger partial charge in [0.1, 0.15) is 11.5 Å². The second-order valence-electron chi connectivity index (χ2n) is 4.11. The van der Waals surface area contributed by atoms with E-state index in [1.54, 1.807) is 0 Å². The van der Waals surface area contributed by atoms with Crippen molar-refractivity contribution in [1.29, 1.82) is 5.26 Å². The van der Waals surface area contributed by atoms with Crippen molar-refractivity contribution >= 4 is 24.8 Å². The highest BCUT2D eigenvalue weighted by molar-refractivity contribution is 5.85. The van der Waals surface area contributed by atoms with Crippen LogP contribution in [0.1, 0.15) is 24.0 Å². The number of hydrogen-bond acceptors (Lipinski definition) is 4. The number of aryl methyl sites for hydroxylation is 1. The highest BCUT2D eigenvalue weighted by atomic mass is 35.5. The quantitative estimate of drug-likeness (QED) is 0.928. The first kappa shape index (κ1) is 17.3. The topological polar surface area (TPSA) is 52.2 Å². The number of nitrogens with one attached hydrogen (secondary N) is 1. The van der Waals surface area contributed by atoms with Gasteiger partial charge in [-0.05, 0) is 19.1 Å². The van der Waals surface area contributed by atoms with Crippen LogP contribution in [0.4, 0.5) is 0 Å². The molecule has 0 saturated carbocycles. The third-order valence-corrected chi connectivity index (χ3v) is 2.97. The molecular formula is C12H19Cl2N3O. The molecule has 1 aliphatic heterocycles. The summed E-state index contributed by atoms with van der Waals surface area (Å²) in [6, 6.07) is 6.31. The lowest BCUT2D eigenvalue weighted by Gasteiger charge is -2.32. The molecule has 1 fully saturated rings. The molecule has 0 amide bonds. The van der Waals surface area contributed by atoms with E-state index in [-0.39, 0.29) is 30.9 Å². The molecule has 2 rings (SSSR count). The molecule has 0 bridgehead atoms. The molecule has 0 aromatic carbocycles. The first-order valence-corrected chi connectivity index (χ1v) is 5.69. The van der Waals surface area contributed by atoms with E-state index in [9.17, 15) is 0 Å². The summed E-state index contributed by atoms with van der Waals surface area (Å²) >= 11 is 0. The van der Waals surface area contributed by atoms with Gasteiger partial charge in [-0.25, -0.2) is 0 Å².